The van der Waals surface area contributed by atoms with E-state index in [1.807, 2.05) is 24.3 Å². The number of hydrogen-bond acceptors (Lipinski definition) is 5. The molecule has 7 heteroatoms. The minimum atomic E-state index is -3.23. The lowest BCUT2D eigenvalue weighted by Crippen LogP contribution is -2.23. The van der Waals surface area contributed by atoms with Gasteiger partial charge in [-0.15, -0.1) is 0 Å². The molecule has 6 nitrogen and oxygen atoms in total. The van der Waals surface area contributed by atoms with Gasteiger partial charge in [-0.1, -0.05) is 12.1 Å². The van der Waals surface area contributed by atoms with Gasteiger partial charge in [0.15, 0.2) is 11.5 Å². The van der Waals surface area contributed by atoms with Crippen molar-refractivity contribution in [1.29, 1.82) is 0 Å². The first kappa shape index (κ1) is 24.4. The molecule has 1 aliphatic rings. The molecule has 0 aliphatic heterocycles. The summed E-state index contributed by atoms with van der Waals surface area (Å²) in [5.74, 6) is 2.38. The third-order valence-electron chi connectivity index (χ3n) is 6.23. The second kappa shape index (κ2) is 11.1. The van der Waals surface area contributed by atoms with Crippen LogP contribution in [0.2, 0.25) is 0 Å². The van der Waals surface area contributed by atoms with Crippen LogP contribution in [-0.4, -0.2) is 53.9 Å². The Kier molecular flexibility index (Phi) is 8.43. The van der Waals surface area contributed by atoms with E-state index in [-0.39, 0.29) is 0 Å². The van der Waals surface area contributed by atoms with Crippen molar-refractivity contribution in [3.8, 4) is 11.5 Å². The Hall–Kier alpha value is -2.25. The number of rotatable bonds is 11. The Bertz CT molecular complexity index is 990. The zero-order valence-corrected chi connectivity index (χ0v) is 20.5. The summed E-state index contributed by atoms with van der Waals surface area (Å²) < 4.78 is 36.0. The molecule has 2 aromatic rings. The monoisotopic (exact) mass is 460 g/mol. The average Bonchev–Trinajstić information content (AvgIpc) is 2.76. The van der Waals surface area contributed by atoms with Crippen LogP contribution in [0, 0.1) is 5.92 Å². The SMILES string of the molecule is COc1cc2c(cc1OC)CC(CCCN(C)CCc1ccc(NS(C)(=O)=O)cc1)CC2. The van der Waals surface area contributed by atoms with Gasteiger partial charge < -0.3 is 14.4 Å². The highest BCUT2D eigenvalue weighted by molar-refractivity contribution is 7.92. The van der Waals surface area contributed by atoms with Gasteiger partial charge in [-0.2, -0.15) is 0 Å². The van der Waals surface area contributed by atoms with E-state index < -0.39 is 10.0 Å². The fraction of sp³-hybridized carbons (Fsp3) is 0.520. The molecule has 0 amide bonds. The third kappa shape index (κ3) is 7.14. The predicted octanol–water partition coefficient (Wildman–Crippen LogP) is 4.13. The van der Waals surface area contributed by atoms with Crippen molar-refractivity contribution in [2.75, 3.05) is 45.3 Å². The molecule has 0 saturated carbocycles. The Morgan fingerprint density at radius 1 is 1.03 bits per heavy atom. The first-order chi connectivity index (χ1) is 15.3. The molecule has 2 aromatic carbocycles. The van der Waals surface area contributed by atoms with Crippen molar-refractivity contribution < 1.29 is 17.9 Å². The number of methoxy groups -OCH3 is 2. The molecule has 0 fully saturated rings. The summed E-state index contributed by atoms with van der Waals surface area (Å²) in [5, 5.41) is 0. The lowest BCUT2D eigenvalue weighted by molar-refractivity contribution is 0.307. The second-order valence-corrected chi connectivity index (χ2v) is 10.6. The van der Waals surface area contributed by atoms with E-state index >= 15 is 0 Å². The van der Waals surface area contributed by atoms with Crippen molar-refractivity contribution in [3.05, 3.63) is 53.1 Å². The molecule has 0 saturated heterocycles. The van der Waals surface area contributed by atoms with Gasteiger partial charge in [0.25, 0.3) is 0 Å². The topological polar surface area (TPSA) is 67.9 Å². The average molecular weight is 461 g/mol. The van der Waals surface area contributed by atoms with Crippen LogP contribution in [0.3, 0.4) is 0 Å². The van der Waals surface area contributed by atoms with Crippen LogP contribution in [0.25, 0.3) is 0 Å². The molecular weight excluding hydrogens is 424 g/mol. The summed E-state index contributed by atoms with van der Waals surface area (Å²) >= 11 is 0. The summed E-state index contributed by atoms with van der Waals surface area (Å²) in [5.41, 5.74) is 4.62. The van der Waals surface area contributed by atoms with Crippen molar-refractivity contribution in [3.63, 3.8) is 0 Å². The maximum Gasteiger partial charge on any atom is 0.229 e. The van der Waals surface area contributed by atoms with Crippen molar-refractivity contribution in [2.45, 2.75) is 38.5 Å². The van der Waals surface area contributed by atoms with E-state index in [1.165, 1.54) is 36.0 Å². The standard InChI is InChI=1S/C25H36N2O4S/c1-27(15-13-19-8-11-23(12-9-19)26-32(4,28)29)14-5-6-20-7-10-21-17-24(30-2)25(31-3)18-22(21)16-20/h8-9,11-12,17-18,20,26H,5-7,10,13-16H2,1-4H3. The number of likely N-dealkylation sites (N-methyl/N-ethyl adjacent to an activating group) is 1. The first-order valence-corrected chi connectivity index (χ1v) is 13.2. The number of hydrogen-bond donors (Lipinski definition) is 1. The minimum Gasteiger partial charge on any atom is -0.493 e. The quantitative estimate of drug-likeness (QED) is 0.546. The fourth-order valence-corrected chi connectivity index (χ4v) is 5.00. The lowest BCUT2D eigenvalue weighted by Gasteiger charge is -2.26. The molecule has 1 aliphatic carbocycles. The van der Waals surface area contributed by atoms with E-state index in [0.717, 1.165) is 56.0 Å². The first-order valence-electron chi connectivity index (χ1n) is 11.3. The maximum atomic E-state index is 11.3. The molecule has 0 spiro atoms. The number of ether oxygens (including phenoxy) is 2. The number of fused-ring (bicyclic) bond motifs is 1. The Balaban J connectivity index is 1.40. The van der Waals surface area contributed by atoms with Gasteiger partial charge >= 0.3 is 0 Å². The van der Waals surface area contributed by atoms with Crippen LogP contribution >= 0.6 is 0 Å². The number of benzene rings is 2. The summed E-state index contributed by atoms with van der Waals surface area (Å²) in [7, 11) is 2.33. The van der Waals surface area contributed by atoms with Crippen LogP contribution in [-0.2, 0) is 29.3 Å². The smallest absolute Gasteiger partial charge is 0.229 e. The van der Waals surface area contributed by atoms with Crippen LogP contribution in [0.4, 0.5) is 5.69 Å². The highest BCUT2D eigenvalue weighted by atomic mass is 32.2. The molecule has 32 heavy (non-hydrogen) atoms. The van der Waals surface area contributed by atoms with E-state index in [1.54, 1.807) is 14.2 Å². The van der Waals surface area contributed by atoms with E-state index in [2.05, 4.69) is 28.8 Å². The molecule has 3 rings (SSSR count). The minimum absolute atomic E-state index is 0.606. The van der Waals surface area contributed by atoms with Crippen LogP contribution in [0.5, 0.6) is 11.5 Å². The number of aryl methyl sites for hydroxylation is 1. The normalized spacial score (nSPS) is 16.0. The molecule has 0 radical (unpaired) electrons. The Labute approximate surface area is 193 Å². The van der Waals surface area contributed by atoms with Crippen LogP contribution in [0.15, 0.2) is 36.4 Å². The van der Waals surface area contributed by atoms with Gasteiger partial charge in [-0.05, 0) is 99.0 Å². The van der Waals surface area contributed by atoms with E-state index in [4.69, 9.17) is 9.47 Å². The van der Waals surface area contributed by atoms with Crippen LogP contribution < -0.4 is 14.2 Å². The zero-order valence-electron chi connectivity index (χ0n) is 19.7. The lowest BCUT2D eigenvalue weighted by atomic mass is 9.81. The van der Waals surface area contributed by atoms with E-state index in [0.29, 0.717) is 5.69 Å². The molecular formula is C25H36N2O4S. The Morgan fingerprint density at radius 3 is 2.31 bits per heavy atom. The van der Waals surface area contributed by atoms with Gasteiger partial charge in [-0.3, -0.25) is 4.72 Å². The van der Waals surface area contributed by atoms with Gasteiger partial charge in [0.2, 0.25) is 10.0 Å². The molecule has 1 unspecified atom stereocenters. The van der Waals surface area contributed by atoms with Crippen molar-refractivity contribution in [1.82, 2.24) is 4.90 Å². The second-order valence-electron chi connectivity index (χ2n) is 8.85. The number of nitrogens with zero attached hydrogens (tertiary/aromatic N) is 1. The predicted molar refractivity (Wildman–Crippen MR) is 130 cm³/mol. The van der Waals surface area contributed by atoms with Gasteiger partial charge in [0.1, 0.15) is 0 Å². The summed E-state index contributed by atoms with van der Waals surface area (Å²) in [6.07, 6.45) is 8.02. The zero-order chi connectivity index (χ0) is 23.1. The third-order valence-corrected chi connectivity index (χ3v) is 6.83. The van der Waals surface area contributed by atoms with Gasteiger partial charge in [-0.25, -0.2) is 8.42 Å². The summed E-state index contributed by atoms with van der Waals surface area (Å²) in [4.78, 5) is 2.38. The molecule has 176 valence electrons. The molecule has 0 aromatic heterocycles. The highest BCUT2D eigenvalue weighted by Crippen LogP contribution is 2.36. The van der Waals surface area contributed by atoms with Crippen molar-refractivity contribution in [2.24, 2.45) is 5.92 Å². The molecule has 0 heterocycles. The highest BCUT2D eigenvalue weighted by Gasteiger charge is 2.21. The van der Waals surface area contributed by atoms with Gasteiger partial charge in [0.05, 0.1) is 20.5 Å². The molecule has 1 atom stereocenters. The van der Waals surface area contributed by atoms with Gasteiger partial charge in [0, 0.05) is 12.2 Å². The van der Waals surface area contributed by atoms with Crippen LogP contribution in [0.1, 0.15) is 36.0 Å². The van der Waals surface area contributed by atoms with E-state index in [9.17, 15) is 8.42 Å². The number of sulfonamides is 1. The summed E-state index contributed by atoms with van der Waals surface area (Å²) in [6, 6.07) is 11.9. The summed E-state index contributed by atoms with van der Waals surface area (Å²) in [6.45, 7) is 2.08. The maximum absolute atomic E-state index is 11.3. The molecule has 1 N–H and O–H groups in total. The Morgan fingerprint density at radius 2 is 1.69 bits per heavy atom. The largest absolute Gasteiger partial charge is 0.493 e. The van der Waals surface area contributed by atoms with Crippen molar-refractivity contribution >= 4 is 15.7 Å². The number of nitrogens with one attached hydrogen (secondary N) is 1. The number of anilines is 1. The molecule has 0 bridgehead atoms. The fourth-order valence-electron chi connectivity index (χ4n) is 4.44.